The van der Waals surface area contributed by atoms with Crippen LogP contribution in [0.25, 0.3) is 0 Å². The zero-order valence-corrected chi connectivity index (χ0v) is 13.8. The second kappa shape index (κ2) is 6.73. The van der Waals surface area contributed by atoms with Crippen LogP contribution in [-0.2, 0) is 9.84 Å². The van der Waals surface area contributed by atoms with E-state index in [1.807, 2.05) is 0 Å². The van der Waals surface area contributed by atoms with Gasteiger partial charge < -0.3 is 9.47 Å². The lowest BCUT2D eigenvalue weighted by Crippen LogP contribution is -2.07. The lowest BCUT2D eigenvalue weighted by Gasteiger charge is -2.11. The lowest BCUT2D eigenvalue weighted by atomic mass is 10.3. The molecule has 0 saturated carbocycles. The number of hydrogen-bond acceptors (Lipinski definition) is 8. The maximum Gasteiger partial charge on any atom is 0.292 e. The van der Waals surface area contributed by atoms with Gasteiger partial charge in [-0.15, -0.1) is 0 Å². The highest BCUT2D eigenvalue weighted by molar-refractivity contribution is 7.91. The summed E-state index contributed by atoms with van der Waals surface area (Å²) >= 11 is 0. The normalized spacial score (nSPS) is 11.0. The van der Waals surface area contributed by atoms with E-state index in [0.29, 0.717) is 0 Å². The molecule has 2 aromatic rings. The van der Waals surface area contributed by atoms with Crippen LogP contribution in [-0.4, -0.2) is 32.5 Å². The molecule has 25 heavy (non-hydrogen) atoms. The monoisotopic (exact) mass is 368 g/mol. The minimum absolute atomic E-state index is 0.00292. The second-order valence-electron chi connectivity index (χ2n) is 4.69. The molecule has 0 aliphatic rings. The van der Waals surface area contributed by atoms with E-state index in [9.17, 15) is 28.6 Å². The number of hydrogen-bond donors (Lipinski definition) is 0. The summed E-state index contributed by atoms with van der Waals surface area (Å²) in [6, 6.07) is 5.94. The van der Waals surface area contributed by atoms with Gasteiger partial charge in [-0.3, -0.25) is 20.2 Å². The van der Waals surface area contributed by atoms with Crippen LogP contribution in [0.3, 0.4) is 0 Å². The first kappa shape index (κ1) is 18.1. The third-order valence-corrected chi connectivity index (χ3v) is 5.11. The summed E-state index contributed by atoms with van der Waals surface area (Å²) in [6.07, 6.45) is 0. The van der Waals surface area contributed by atoms with Crippen molar-refractivity contribution in [2.24, 2.45) is 0 Å². The molecule has 2 rings (SSSR count). The van der Waals surface area contributed by atoms with Gasteiger partial charge in [0.25, 0.3) is 11.4 Å². The minimum Gasteiger partial charge on any atom is -0.493 e. The van der Waals surface area contributed by atoms with Gasteiger partial charge in [0.2, 0.25) is 9.84 Å². The van der Waals surface area contributed by atoms with Crippen LogP contribution >= 0.6 is 0 Å². The number of non-ortho nitro benzene ring substituents is 1. The molecule has 0 bridgehead atoms. The Bertz CT molecular complexity index is 938. The average molecular weight is 368 g/mol. The highest BCUT2D eigenvalue weighted by atomic mass is 32.2. The van der Waals surface area contributed by atoms with Crippen molar-refractivity contribution >= 4 is 21.2 Å². The topological polar surface area (TPSA) is 139 Å². The predicted octanol–water partition coefficient (Wildman–Crippen LogP) is 2.35. The minimum atomic E-state index is -4.31. The summed E-state index contributed by atoms with van der Waals surface area (Å²) in [5, 5.41) is 21.9. The van der Waals surface area contributed by atoms with Crippen LogP contribution in [0.4, 0.5) is 11.4 Å². The summed E-state index contributed by atoms with van der Waals surface area (Å²) in [5.41, 5.74) is -1.00. The summed E-state index contributed by atoms with van der Waals surface area (Å²) < 4.78 is 35.4. The molecule has 132 valence electrons. The summed E-state index contributed by atoms with van der Waals surface area (Å²) in [6.45, 7) is 0. The van der Waals surface area contributed by atoms with E-state index >= 15 is 0 Å². The number of rotatable bonds is 6. The van der Waals surface area contributed by atoms with Crippen LogP contribution in [0.1, 0.15) is 0 Å². The highest BCUT2D eigenvalue weighted by Crippen LogP contribution is 2.39. The molecule has 2 aromatic carbocycles. The van der Waals surface area contributed by atoms with E-state index in [2.05, 4.69) is 0 Å². The van der Waals surface area contributed by atoms with Gasteiger partial charge in [-0.25, -0.2) is 8.42 Å². The number of nitro groups is 2. The third-order valence-electron chi connectivity index (χ3n) is 3.31. The molecule has 0 atom stereocenters. The molecule has 0 aliphatic heterocycles. The molecular weight excluding hydrogens is 356 g/mol. The van der Waals surface area contributed by atoms with Gasteiger partial charge in [0.05, 0.1) is 35.0 Å². The van der Waals surface area contributed by atoms with Crippen molar-refractivity contribution in [3.63, 3.8) is 0 Å². The molecule has 0 fully saturated rings. The van der Waals surface area contributed by atoms with Gasteiger partial charge in [-0.05, 0) is 12.1 Å². The van der Waals surface area contributed by atoms with E-state index in [1.54, 1.807) is 0 Å². The summed E-state index contributed by atoms with van der Waals surface area (Å²) in [5.74, 6) is -0.00886. The van der Waals surface area contributed by atoms with Crippen LogP contribution in [0.2, 0.25) is 0 Å². The second-order valence-corrected chi connectivity index (χ2v) is 6.60. The molecule has 0 unspecified atom stereocenters. The molecule has 10 nitrogen and oxygen atoms in total. The zero-order valence-electron chi connectivity index (χ0n) is 13.0. The molecule has 0 spiro atoms. The van der Waals surface area contributed by atoms with Gasteiger partial charge >= 0.3 is 0 Å². The molecule has 0 N–H and O–H groups in total. The van der Waals surface area contributed by atoms with Crippen molar-refractivity contribution in [3.05, 3.63) is 56.6 Å². The van der Waals surface area contributed by atoms with E-state index in [1.165, 1.54) is 14.2 Å². The Morgan fingerprint density at radius 2 is 1.40 bits per heavy atom. The first-order chi connectivity index (χ1) is 11.7. The predicted molar refractivity (Wildman–Crippen MR) is 84.7 cm³/mol. The quantitative estimate of drug-likeness (QED) is 0.559. The Balaban J connectivity index is 2.69. The average Bonchev–Trinajstić information content (AvgIpc) is 2.60. The Morgan fingerprint density at radius 3 is 1.84 bits per heavy atom. The SMILES string of the molecule is COc1cc([N+](=O)[O-])c(S(=O)(=O)c2ccc([N+](=O)[O-])cc2)cc1OC. The first-order valence-corrected chi connectivity index (χ1v) is 8.10. The molecule has 0 saturated heterocycles. The first-order valence-electron chi connectivity index (χ1n) is 6.62. The van der Waals surface area contributed by atoms with Crippen molar-refractivity contribution in [2.75, 3.05) is 14.2 Å². The van der Waals surface area contributed by atoms with Crippen LogP contribution in [0, 0.1) is 20.2 Å². The molecule has 0 aromatic heterocycles. The van der Waals surface area contributed by atoms with Gasteiger partial charge in [0.1, 0.15) is 0 Å². The summed E-state index contributed by atoms with van der Waals surface area (Å²) in [4.78, 5) is 19.5. The molecule has 0 aliphatic carbocycles. The smallest absolute Gasteiger partial charge is 0.292 e. The largest absolute Gasteiger partial charge is 0.493 e. The Hall–Kier alpha value is -3.21. The van der Waals surface area contributed by atoms with Crippen molar-refractivity contribution in [3.8, 4) is 11.5 Å². The highest BCUT2D eigenvalue weighted by Gasteiger charge is 2.30. The molecule has 0 amide bonds. The van der Waals surface area contributed by atoms with Gasteiger partial charge in [0, 0.05) is 18.2 Å². The number of nitro benzene ring substituents is 2. The molecule has 0 heterocycles. The van der Waals surface area contributed by atoms with Crippen molar-refractivity contribution in [1.29, 1.82) is 0 Å². The van der Waals surface area contributed by atoms with Crippen LogP contribution < -0.4 is 9.47 Å². The fraction of sp³-hybridized carbons (Fsp3) is 0.143. The van der Waals surface area contributed by atoms with Crippen LogP contribution in [0.15, 0.2) is 46.2 Å². The van der Waals surface area contributed by atoms with E-state index in [4.69, 9.17) is 9.47 Å². The zero-order chi connectivity index (χ0) is 18.8. The lowest BCUT2D eigenvalue weighted by molar-refractivity contribution is -0.387. The van der Waals surface area contributed by atoms with E-state index in [-0.39, 0.29) is 22.1 Å². The number of benzene rings is 2. The van der Waals surface area contributed by atoms with E-state index in [0.717, 1.165) is 36.4 Å². The Kier molecular flexibility index (Phi) is 4.88. The standard InChI is InChI=1S/C14H12N2O8S/c1-23-12-7-11(16(19)20)14(8-13(12)24-2)25(21,22)10-5-3-9(4-6-10)15(17)18/h3-8H,1-2H3. The van der Waals surface area contributed by atoms with Gasteiger partial charge in [0.15, 0.2) is 16.4 Å². The Labute approximate surface area is 141 Å². The fourth-order valence-corrected chi connectivity index (χ4v) is 3.50. The fourth-order valence-electron chi connectivity index (χ4n) is 2.08. The van der Waals surface area contributed by atoms with Crippen molar-refractivity contribution in [1.82, 2.24) is 0 Å². The third kappa shape index (κ3) is 3.35. The van der Waals surface area contributed by atoms with Crippen molar-refractivity contribution < 1.29 is 27.7 Å². The van der Waals surface area contributed by atoms with E-state index < -0.39 is 30.3 Å². The summed E-state index contributed by atoms with van der Waals surface area (Å²) in [7, 11) is -1.80. The van der Waals surface area contributed by atoms with Crippen molar-refractivity contribution in [2.45, 2.75) is 9.79 Å². The number of sulfone groups is 1. The number of methoxy groups -OCH3 is 2. The number of nitrogens with zero attached hydrogens (tertiary/aromatic N) is 2. The van der Waals surface area contributed by atoms with Gasteiger partial charge in [-0.2, -0.15) is 0 Å². The van der Waals surface area contributed by atoms with Gasteiger partial charge in [-0.1, -0.05) is 0 Å². The maximum absolute atomic E-state index is 12.7. The Morgan fingerprint density at radius 1 is 0.880 bits per heavy atom. The molecular formula is C14H12N2O8S. The number of ether oxygens (including phenoxy) is 2. The van der Waals surface area contributed by atoms with Crippen LogP contribution in [0.5, 0.6) is 11.5 Å². The molecule has 11 heteroatoms. The molecule has 0 radical (unpaired) electrons. The maximum atomic E-state index is 12.7.